The molecule has 0 heterocycles. The van der Waals surface area contributed by atoms with Gasteiger partial charge in [0, 0.05) is 12.1 Å². The second-order valence-corrected chi connectivity index (χ2v) is 5.47. The lowest BCUT2D eigenvalue weighted by atomic mass is 9.93. The monoisotopic (exact) mass is 256 g/mol. The number of rotatable bonds is 6. The van der Waals surface area contributed by atoms with Gasteiger partial charge in [-0.3, -0.25) is 4.79 Å². The maximum absolute atomic E-state index is 11.7. The number of ether oxygens (including phenoxy) is 1. The molecule has 1 aliphatic rings. The van der Waals surface area contributed by atoms with Crippen LogP contribution in [0.3, 0.4) is 0 Å². The van der Waals surface area contributed by atoms with Crippen LogP contribution in [0.4, 0.5) is 0 Å². The summed E-state index contributed by atoms with van der Waals surface area (Å²) < 4.78 is 5.84. The van der Waals surface area contributed by atoms with Crippen molar-refractivity contribution in [1.82, 2.24) is 10.6 Å². The molecule has 1 aliphatic carbocycles. The van der Waals surface area contributed by atoms with Crippen molar-refractivity contribution in [2.45, 2.75) is 77.7 Å². The van der Waals surface area contributed by atoms with Crippen LogP contribution in [0.2, 0.25) is 0 Å². The van der Waals surface area contributed by atoms with Crippen LogP contribution in [-0.4, -0.2) is 36.7 Å². The van der Waals surface area contributed by atoms with Crippen molar-refractivity contribution in [3.63, 3.8) is 0 Å². The Morgan fingerprint density at radius 1 is 1.22 bits per heavy atom. The fourth-order valence-electron chi connectivity index (χ4n) is 2.44. The number of amides is 1. The first-order chi connectivity index (χ1) is 8.52. The van der Waals surface area contributed by atoms with E-state index in [1.807, 2.05) is 20.8 Å². The minimum atomic E-state index is -0.340. The Labute approximate surface area is 111 Å². The van der Waals surface area contributed by atoms with E-state index in [9.17, 15) is 4.79 Å². The molecule has 4 heteroatoms. The SMILES string of the molecule is CCNC1CCC(OC(C)C(=O)NC(C)C)CC1. The molecule has 0 saturated heterocycles. The molecule has 2 N–H and O–H groups in total. The zero-order chi connectivity index (χ0) is 13.5. The van der Waals surface area contributed by atoms with Crippen molar-refractivity contribution in [2.75, 3.05) is 6.54 Å². The van der Waals surface area contributed by atoms with Crippen LogP contribution in [0.25, 0.3) is 0 Å². The number of hydrogen-bond donors (Lipinski definition) is 2. The molecular formula is C14H28N2O2. The standard InChI is InChI=1S/C14H28N2O2/c1-5-15-12-6-8-13(9-7-12)18-11(4)14(17)16-10(2)3/h10-13,15H,5-9H2,1-4H3,(H,16,17). The molecule has 1 fully saturated rings. The summed E-state index contributed by atoms with van der Waals surface area (Å²) in [5.74, 6) is -0.00110. The summed E-state index contributed by atoms with van der Waals surface area (Å²) in [6.45, 7) is 8.94. The lowest BCUT2D eigenvalue weighted by Gasteiger charge is -2.30. The maximum Gasteiger partial charge on any atom is 0.249 e. The van der Waals surface area contributed by atoms with Gasteiger partial charge in [-0.2, -0.15) is 0 Å². The highest BCUT2D eigenvalue weighted by Gasteiger charge is 2.24. The normalized spacial score (nSPS) is 26.1. The fraction of sp³-hybridized carbons (Fsp3) is 0.929. The topological polar surface area (TPSA) is 50.4 Å². The average molecular weight is 256 g/mol. The van der Waals surface area contributed by atoms with Crippen LogP contribution in [0.5, 0.6) is 0 Å². The second kappa shape index (κ2) is 7.74. The van der Waals surface area contributed by atoms with Gasteiger partial charge < -0.3 is 15.4 Å². The van der Waals surface area contributed by atoms with Gasteiger partial charge in [-0.25, -0.2) is 0 Å². The molecule has 0 aromatic rings. The van der Waals surface area contributed by atoms with Crippen molar-refractivity contribution in [3.8, 4) is 0 Å². The van der Waals surface area contributed by atoms with E-state index in [1.54, 1.807) is 0 Å². The molecule has 4 nitrogen and oxygen atoms in total. The van der Waals surface area contributed by atoms with Crippen LogP contribution in [0, 0.1) is 0 Å². The van der Waals surface area contributed by atoms with Crippen molar-refractivity contribution in [3.05, 3.63) is 0 Å². The van der Waals surface area contributed by atoms with Gasteiger partial charge in [-0.05, 0) is 53.0 Å². The van der Waals surface area contributed by atoms with Crippen LogP contribution < -0.4 is 10.6 Å². The summed E-state index contributed by atoms with van der Waals surface area (Å²) in [6, 6.07) is 0.808. The van der Waals surface area contributed by atoms with Gasteiger partial charge in [0.05, 0.1) is 6.10 Å². The van der Waals surface area contributed by atoms with E-state index in [4.69, 9.17) is 4.74 Å². The van der Waals surface area contributed by atoms with Crippen LogP contribution >= 0.6 is 0 Å². The summed E-state index contributed by atoms with van der Waals surface area (Å²) in [5, 5.41) is 6.36. The Kier molecular flexibility index (Phi) is 6.65. The Balaban J connectivity index is 2.25. The van der Waals surface area contributed by atoms with E-state index in [2.05, 4.69) is 17.6 Å². The first-order valence-corrected chi connectivity index (χ1v) is 7.22. The van der Waals surface area contributed by atoms with E-state index in [0.717, 1.165) is 32.2 Å². The van der Waals surface area contributed by atoms with Gasteiger partial charge in [-0.15, -0.1) is 0 Å². The molecule has 0 radical (unpaired) electrons. The summed E-state index contributed by atoms with van der Waals surface area (Å²) in [4.78, 5) is 11.7. The highest BCUT2D eigenvalue weighted by Crippen LogP contribution is 2.22. The van der Waals surface area contributed by atoms with E-state index >= 15 is 0 Å². The Morgan fingerprint density at radius 3 is 2.33 bits per heavy atom. The van der Waals surface area contributed by atoms with Crippen molar-refractivity contribution in [2.24, 2.45) is 0 Å². The maximum atomic E-state index is 11.7. The van der Waals surface area contributed by atoms with E-state index in [0.29, 0.717) is 6.04 Å². The van der Waals surface area contributed by atoms with Gasteiger partial charge >= 0.3 is 0 Å². The molecule has 1 rings (SSSR count). The predicted octanol–water partition coefficient (Wildman–Crippen LogP) is 1.84. The Hall–Kier alpha value is -0.610. The quantitative estimate of drug-likeness (QED) is 0.762. The number of nitrogens with one attached hydrogen (secondary N) is 2. The molecule has 1 saturated carbocycles. The third-order valence-corrected chi connectivity index (χ3v) is 3.36. The third-order valence-electron chi connectivity index (χ3n) is 3.36. The summed E-state index contributed by atoms with van der Waals surface area (Å²) >= 11 is 0. The zero-order valence-corrected chi connectivity index (χ0v) is 12.2. The van der Waals surface area contributed by atoms with Crippen molar-refractivity contribution in [1.29, 1.82) is 0 Å². The summed E-state index contributed by atoms with van der Waals surface area (Å²) in [7, 11) is 0. The zero-order valence-electron chi connectivity index (χ0n) is 12.2. The van der Waals surface area contributed by atoms with E-state index in [1.165, 1.54) is 0 Å². The smallest absolute Gasteiger partial charge is 0.249 e. The Morgan fingerprint density at radius 2 is 1.83 bits per heavy atom. The van der Waals surface area contributed by atoms with Gasteiger partial charge in [0.25, 0.3) is 0 Å². The van der Waals surface area contributed by atoms with Crippen LogP contribution in [0.15, 0.2) is 0 Å². The molecule has 0 aromatic carbocycles. The molecule has 1 unspecified atom stereocenters. The number of hydrogen-bond acceptors (Lipinski definition) is 3. The highest BCUT2D eigenvalue weighted by atomic mass is 16.5. The third kappa shape index (κ3) is 5.36. The van der Waals surface area contributed by atoms with Crippen LogP contribution in [0.1, 0.15) is 53.4 Å². The summed E-state index contributed by atoms with van der Waals surface area (Å²) in [5.41, 5.74) is 0. The summed E-state index contributed by atoms with van der Waals surface area (Å²) in [6.07, 6.45) is 4.31. The molecule has 18 heavy (non-hydrogen) atoms. The largest absolute Gasteiger partial charge is 0.365 e. The van der Waals surface area contributed by atoms with Gasteiger partial charge in [0.15, 0.2) is 0 Å². The molecule has 0 aliphatic heterocycles. The van der Waals surface area contributed by atoms with E-state index in [-0.39, 0.29) is 24.2 Å². The predicted molar refractivity (Wildman–Crippen MR) is 73.5 cm³/mol. The van der Waals surface area contributed by atoms with Crippen molar-refractivity contribution < 1.29 is 9.53 Å². The minimum Gasteiger partial charge on any atom is -0.365 e. The van der Waals surface area contributed by atoms with Crippen LogP contribution in [-0.2, 0) is 9.53 Å². The first kappa shape index (κ1) is 15.4. The fourth-order valence-corrected chi connectivity index (χ4v) is 2.44. The molecule has 0 aromatic heterocycles. The lowest BCUT2D eigenvalue weighted by molar-refractivity contribution is -0.137. The molecule has 0 spiro atoms. The van der Waals surface area contributed by atoms with Gasteiger partial charge in [0.2, 0.25) is 5.91 Å². The van der Waals surface area contributed by atoms with Gasteiger partial charge in [-0.1, -0.05) is 6.92 Å². The minimum absolute atomic E-state index is 0.00110. The molecule has 1 amide bonds. The van der Waals surface area contributed by atoms with Crippen molar-refractivity contribution >= 4 is 5.91 Å². The number of carbonyl (C=O) groups excluding carboxylic acids is 1. The first-order valence-electron chi connectivity index (χ1n) is 7.22. The molecule has 0 bridgehead atoms. The van der Waals surface area contributed by atoms with E-state index < -0.39 is 0 Å². The lowest BCUT2D eigenvalue weighted by Crippen LogP contribution is -2.42. The molecule has 106 valence electrons. The molecular weight excluding hydrogens is 228 g/mol. The second-order valence-electron chi connectivity index (χ2n) is 5.47. The average Bonchev–Trinajstić information content (AvgIpc) is 2.31. The Bertz CT molecular complexity index is 248. The van der Waals surface area contributed by atoms with Gasteiger partial charge in [0.1, 0.15) is 6.10 Å². The highest BCUT2D eigenvalue weighted by molar-refractivity contribution is 5.80. The molecule has 1 atom stereocenters. The number of carbonyl (C=O) groups is 1.